The van der Waals surface area contributed by atoms with Crippen LogP contribution in [0.5, 0.6) is 5.88 Å². The third-order valence-electron chi connectivity index (χ3n) is 5.56. The molecule has 3 unspecified atom stereocenters. The number of hydrogen-bond donors (Lipinski definition) is 1. The predicted molar refractivity (Wildman–Crippen MR) is 87.9 cm³/mol. The number of carbonyl (C=O) groups excluding carboxylic acids is 1. The lowest BCUT2D eigenvalue weighted by atomic mass is 9.90. The van der Waals surface area contributed by atoms with Crippen LogP contribution in [0.4, 0.5) is 0 Å². The minimum atomic E-state index is 0.215. The van der Waals surface area contributed by atoms with E-state index < -0.39 is 0 Å². The first-order valence-corrected chi connectivity index (χ1v) is 8.84. The number of fused-ring (bicyclic) bond motifs is 2. The molecule has 2 saturated carbocycles. The molecule has 2 fully saturated rings. The van der Waals surface area contributed by atoms with Crippen molar-refractivity contribution in [1.29, 1.82) is 0 Å². The number of ether oxygens (including phenoxy) is 1. The number of nitrogens with zero attached hydrogens (tertiary/aromatic N) is 1. The van der Waals surface area contributed by atoms with Gasteiger partial charge in [0, 0.05) is 24.2 Å². The van der Waals surface area contributed by atoms with E-state index >= 15 is 0 Å². The number of rotatable bonds is 4. The maximum atomic E-state index is 12.5. The van der Waals surface area contributed by atoms with E-state index in [0.717, 1.165) is 32.1 Å². The average molecular weight is 312 g/mol. The van der Waals surface area contributed by atoms with Crippen molar-refractivity contribution < 1.29 is 9.53 Å². The first-order chi connectivity index (χ1) is 11.3. The summed E-state index contributed by atoms with van der Waals surface area (Å²) < 4.78 is 5.92. The van der Waals surface area contributed by atoms with Crippen molar-refractivity contribution in [2.24, 2.45) is 17.8 Å². The largest absolute Gasteiger partial charge is 0.474 e. The zero-order valence-corrected chi connectivity index (χ0v) is 13.4. The smallest absolute Gasteiger partial charge is 0.223 e. The molecule has 0 aromatic carbocycles. The van der Waals surface area contributed by atoms with Crippen LogP contribution in [0.25, 0.3) is 0 Å². The first-order valence-electron chi connectivity index (χ1n) is 8.84. The zero-order chi connectivity index (χ0) is 15.6. The van der Waals surface area contributed by atoms with Gasteiger partial charge in [0.1, 0.15) is 6.10 Å². The standard InChI is InChI=1S/C19H24N2O2/c22-19(17-12-13-4-5-14(17)11-13)21-15-6-8-16(9-7-15)23-18-3-1-2-10-20-18/h1-5,10,13-17H,6-9,11-12H2,(H,21,22). The van der Waals surface area contributed by atoms with Crippen LogP contribution in [0, 0.1) is 17.8 Å². The molecule has 0 aliphatic heterocycles. The summed E-state index contributed by atoms with van der Waals surface area (Å²) in [5.74, 6) is 2.33. The second kappa shape index (κ2) is 6.34. The van der Waals surface area contributed by atoms with Crippen molar-refractivity contribution in [1.82, 2.24) is 10.3 Å². The maximum absolute atomic E-state index is 12.5. The molecule has 0 saturated heterocycles. The van der Waals surface area contributed by atoms with Crippen LogP contribution in [0.2, 0.25) is 0 Å². The van der Waals surface area contributed by atoms with Crippen LogP contribution < -0.4 is 10.1 Å². The lowest BCUT2D eigenvalue weighted by molar-refractivity contribution is -0.126. The van der Waals surface area contributed by atoms with Crippen molar-refractivity contribution in [3.63, 3.8) is 0 Å². The minimum absolute atomic E-state index is 0.215. The fourth-order valence-corrected chi connectivity index (χ4v) is 4.30. The molecule has 3 aliphatic rings. The van der Waals surface area contributed by atoms with E-state index in [-0.39, 0.29) is 17.9 Å². The summed E-state index contributed by atoms with van der Waals surface area (Å²) >= 11 is 0. The SMILES string of the molecule is O=C(NC1CCC(Oc2ccccn2)CC1)C1CC2C=CC1C2. The van der Waals surface area contributed by atoms with E-state index in [1.165, 1.54) is 6.42 Å². The summed E-state index contributed by atoms with van der Waals surface area (Å²) in [7, 11) is 0. The van der Waals surface area contributed by atoms with Crippen molar-refractivity contribution >= 4 is 5.91 Å². The topological polar surface area (TPSA) is 51.2 Å². The van der Waals surface area contributed by atoms with Gasteiger partial charge in [-0.1, -0.05) is 18.2 Å². The molecule has 1 heterocycles. The molecule has 23 heavy (non-hydrogen) atoms. The van der Waals surface area contributed by atoms with Crippen LogP contribution in [0.1, 0.15) is 38.5 Å². The summed E-state index contributed by atoms with van der Waals surface area (Å²) in [6.07, 6.45) is 12.7. The second-order valence-electron chi connectivity index (χ2n) is 7.15. The summed E-state index contributed by atoms with van der Waals surface area (Å²) in [6, 6.07) is 6.05. The zero-order valence-electron chi connectivity index (χ0n) is 13.4. The van der Waals surface area contributed by atoms with Gasteiger partial charge in [0.25, 0.3) is 0 Å². The first kappa shape index (κ1) is 14.7. The molecule has 2 bridgehead atoms. The molecule has 1 aromatic rings. The lowest BCUT2D eigenvalue weighted by Gasteiger charge is -2.30. The molecule has 1 N–H and O–H groups in total. The molecule has 4 heteroatoms. The molecular formula is C19H24N2O2. The highest BCUT2D eigenvalue weighted by atomic mass is 16.5. The second-order valence-corrected chi connectivity index (χ2v) is 7.15. The van der Waals surface area contributed by atoms with Gasteiger partial charge in [-0.15, -0.1) is 0 Å². The Hall–Kier alpha value is -1.84. The Labute approximate surface area is 137 Å². The number of nitrogens with one attached hydrogen (secondary N) is 1. The highest BCUT2D eigenvalue weighted by Crippen LogP contribution is 2.43. The summed E-state index contributed by atoms with van der Waals surface area (Å²) in [5, 5.41) is 3.29. The number of carbonyl (C=O) groups is 1. The van der Waals surface area contributed by atoms with Gasteiger partial charge < -0.3 is 10.1 Å². The number of pyridine rings is 1. The van der Waals surface area contributed by atoms with Crippen molar-refractivity contribution in [3.8, 4) is 5.88 Å². The molecule has 3 aliphatic carbocycles. The molecule has 3 atom stereocenters. The molecular weight excluding hydrogens is 288 g/mol. The van der Waals surface area contributed by atoms with Crippen molar-refractivity contribution in [2.75, 3.05) is 0 Å². The van der Waals surface area contributed by atoms with Crippen LogP contribution in [-0.2, 0) is 4.79 Å². The number of allylic oxidation sites excluding steroid dienone is 2. The molecule has 4 rings (SSSR count). The van der Waals surface area contributed by atoms with E-state index in [4.69, 9.17) is 4.74 Å². The summed E-state index contributed by atoms with van der Waals surface area (Å²) in [6.45, 7) is 0. The number of aromatic nitrogens is 1. The van der Waals surface area contributed by atoms with Gasteiger partial charge >= 0.3 is 0 Å². The Morgan fingerprint density at radius 1 is 1.13 bits per heavy atom. The van der Waals surface area contributed by atoms with Gasteiger partial charge in [-0.3, -0.25) is 4.79 Å². The Morgan fingerprint density at radius 2 is 2.00 bits per heavy atom. The van der Waals surface area contributed by atoms with Gasteiger partial charge in [0.05, 0.1) is 0 Å². The fourth-order valence-electron chi connectivity index (χ4n) is 4.30. The molecule has 0 radical (unpaired) electrons. The van der Waals surface area contributed by atoms with Crippen LogP contribution in [0.3, 0.4) is 0 Å². The quantitative estimate of drug-likeness (QED) is 0.869. The van der Waals surface area contributed by atoms with E-state index in [1.54, 1.807) is 6.20 Å². The molecule has 4 nitrogen and oxygen atoms in total. The van der Waals surface area contributed by atoms with E-state index in [2.05, 4.69) is 22.5 Å². The highest BCUT2D eigenvalue weighted by molar-refractivity contribution is 5.80. The highest BCUT2D eigenvalue weighted by Gasteiger charge is 2.40. The molecule has 0 spiro atoms. The average Bonchev–Trinajstić information content (AvgIpc) is 3.21. The Bertz CT molecular complexity index is 578. The van der Waals surface area contributed by atoms with Crippen molar-refractivity contribution in [2.45, 2.75) is 50.7 Å². The van der Waals surface area contributed by atoms with Crippen molar-refractivity contribution in [3.05, 3.63) is 36.5 Å². The fraction of sp³-hybridized carbons (Fsp3) is 0.579. The third-order valence-corrected chi connectivity index (χ3v) is 5.56. The number of hydrogen-bond acceptors (Lipinski definition) is 3. The van der Waals surface area contributed by atoms with Crippen LogP contribution in [-0.4, -0.2) is 23.0 Å². The van der Waals surface area contributed by atoms with Gasteiger partial charge in [-0.25, -0.2) is 4.98 Å². The monoisotopic (exact) mass is 312 g/mol. The van der Waals surface area contributed by atoms with Gasteiger partial charge in [0.15, 0.2) is 0 Å². The molecule has 1 amide bonds. The maximum Gasteiger partial charge on any atom is 0.223 e. The summed E-state index contributed by atoms with van der Waals surface area (Å²) in [5.41, 5.74) is 0. The van der Waals surface area contributed by atoms with E-state index in [1.807, 2.05) is 18.2 Å². The lowest BCUT2D eigenvalue weighted by Crippen LogP contribution is -2.43. The van der Waals surface area contributed by atoms with E-state index in [9.17, 15) is 4.79 Å². The summed E-state index contributed by atoms with van der Waals surface area (Å²) in [4.78, 5) is 16.7. The normalized spacial score (nSPS) is 35.2. The minimum Gasteiger partial charge on any atom is -0.474 e. The van der Waals surface area contributed by atoms with Crippen LogP contribution >= 0.6 is 0 Å². The Balaban J connectivity index is 1.24. The van der Waals surface area contributed by atoms with Gasteiger partial charge in [0.2, 0.25) is 11.8 Å². The third kappa shape index (κ3) is 3.26. The predicted octanol–water partition coefficient (Wildman–Crippen LogP) is 3.10. The van der Waals surface area contributed by atoms with Gasteiger partial charge in [-0.05, 0) is 56.4 Å². The Morgan fingerprint density at radius 3 is 2.65 bits per heavy atom. The molecule has 122 valence electrons. The van der Waals surface area contributed by atoms with E-state index in [0.29, 0.717) is 23.8 Å². The molecule has 1 aromatic heterocycles. The van der Waals surface area contributed by atoms with Gasteiger partial charge in [-0.2, -0.15) is 0 Å². The number of amides is 1. The van der Waals surface area contributed by atoms with Crippen LogP contribution in [0.15, 0.2) is 36.5 Å². The Kier molecular flexibility index (Phi) is 4.06.